The van der Waals surface area contributed by atoms with Gasteiger partial charge in [-0.05, 0) is 19.1 Å². The van der Waals surface area contributed by atoms with Crippen LogP contribution in [0.15, 0.2) is 30.7 Å². The molecule has 0 aliphatic carbocycles. The van der Waals surface area contributed by atoms with Gasteiger partial charge in [-0.15, -0.1) is 0 Å². The van der Waals surface area contributed by atoms with Crippen LogP contribution in [0.1, 0.15) is 21.9 Å². The largest absolute Gasteiger partial charge is 0.477 e. The molecule has 2 heterocycles. The summed E-state index contributed by atoms with van der Waals surface area (Å²) in [5, 5.41) is 8.92. The lowest BCUT2D eigenvalue weighted by Gasteiger charge is -2.05. The third-order valence-corrected chi connectivity index (χ3v) is 2.22. The number of aryl methyl sites for hydroxylation is 1. The topological polar surface area (TPSA) is 68.0 Å². The van der Waals surface area contributed by atoms with Crippen molar-refractivity contribution >= 4 is 5.97 Å². The molecule has 16 heavy (non-hydrogen) atoms. The number of aromatic carboxylic acids is 1. The normalized spacial score (nSPS) is 10.3. The zero-order valence-corrected chi connectivity index (χ0v) is 8.79. The van der Waals surface area contributed by atoms with Crippen LogP contribution in [0.3, 0.4) is 0 Å². The fourth-order valence-electron chi connectivity index (χ4n) is 1.42. The Morgan fingerprint density at radius 2 is 2.25 bits per heavy atom. The van der Waals surface area contributed by atoms with Crippen LogP contribution in [0, 0.1) is 6.92 Å². The summed E-state index contributed by atoms with van der Waals surface area (Å²) in [6.07, 6.45) is 5.03. The number of hydrogen-bond acceptors (Lipinski definition) is 3. The van der Waals surface area contributed by atoms with Gasteiger partial charge >= 0.3 is 5.97 Å². The van der Waals surface area contributed by atoms with Gasteiger partial charge < -0.3 is 9.67 Å². The Hall–Kier alpha value is -2.17. The van der Waals surface area contributed by atoms with Gasteiger partial charge in [0.15, 0.2) is 0 Å². The summed E-state index contributed by atoms with van der Waals surface area (Å²) in [6, 6.07) is 3.26. The van der Waals surface area contributed by atoms with Gasteiger partial charge in [-0.2, -0.15) is 0 Å². The highest BCUT2D eigenvalue weighted by Crippen LogP contribution is 2.05. The molecule has 0 unspecified atom stereocenters. The van der Waals surface area contributed by atoms with Crippen molar-refractivity contribution in [3.63, 3.8) is 0 Å². The van der Waals surface area contributed by atoms with E-state index in [1.165, 1.54) is 0 Å². The zero-order chi connectivity index (χ0) is 11.5. The van der Waals surface area contributed by atoms with E-state index in [-0.39, 0.29) is 5.69 Å². The fraction of sp³-hybridized carbons (Fsp3) is 0.182. The summed E-state index contributed by atoms with van der Waals surface area (Å²) in [7, 11) is 0. The first-order valence-corrected chi connectivity index (χ1v) is 4.83. The van der Waals surface area contributed by atoms with Crippen LogP contribution in [-0.4, -0.2) is 25.6 Å². The lowest BCUT2D eigenvalue weighted by atomic mass is 10.4. The summed E-state index contributed by atoms with van der Waals surface area (Å²) >= 11 is 0. The van der Waals surface area contributed by atoms with Gasteiger partial charge in [0.1, 0.15) is 5.69 Å². The van der Waals surface area contributed by atoms with E-state index < -0.39 is 5.97 Å². The first kappa shape index (κ1) is 10.4. The molecule has 0 saturated heterocycles. The van der Waals surface area contributed by atoms with E-state index in [0.29, 0.717) is 6.54 Å². The predicted octanol–water partition coefficient (Wildman–Crippen LogP) is 1.33. The third kappa shape index (κ3) is 2.08. The highest BCUT2D eigenvalue weighted by atomic mass is 16.4. The molecule has 0 spiro atoms. The van der Waals surface area contributed by atoms with Gasteiger partial charge in [0.05, 0.1) is 24.1 Å². The minimum Gasteiger partial charge on any atom is -0.477 e. The molecule has 82 valence electrons. The third-order valence-electron chi connectivity index (χ3n) is 2.22. The SMILES string of the molecule is Cc1cnc(Cn2cccc2C(=O)O)cn1. The molecule has 1 N–H and O–H groups in total. The number of carbonyl (C=O) groups is 1. The molecule has 0 aromatic carbocycles. The van der Waals surface area contributed by atoms with E-state index in [1.54, 1.807) is 35.3 Å². The summed E-state index contributed by atoms with van der Waals surface area (Å²) in [6.45, 7) is 2.27. The fourth-order valence-corrected chi connectivity index (χ4v) is 1.42. The molecule has 0 aliphatic rings. The number of nitrogens with zero attached hydrogens (tertiary/aromatic N) is 3. The van der Waals surface area contributed by atoms with Gasteiger partial charge in [-0.3, -0.25) is 9.97 Å². The number of rotatable bonds is 3. The van der Waals surface area contributed by atoms with Crippen LogP contribution in [0.5, 0.6) is 0 Å². The molecule has 0 radical (unpaired) electrons. The van der Waals surface area contributed by atoms with E-state index in [2.05, 4.69) is 9.97 Å². The molecule has 0 fully saturated rings. The quantitative estimate of drug-likeness (QED) is 0.842. The Morgan fingerprint density at radius 1 is 1.44 bits per heavy atom. The molecular formula is C11H11N3O2. The van der Waals surface area contributed by atoms with Crippen molar-refractivity contribution in [2.75, 3.05) is 0 Å². The highest BCUT2D eigenvalue weighted by molar-refractivity contribution is 5.85. The smallest absolute Gasteiger partial charge is 0.352 e. The summed E-state index contributed by atoms with van der Waals surface area (Å²) < 4.78 is 1.63. The molecule has 0 aliphatic heterocycles. The van der Waals surface area contributed by atoms with Gasteiger partial charge in [0.2, 0.25) is 0 Å². The van der Waals surface area contributed by atoms with Crippen molar-refractivity contribution in [3.8, 4) is 0 Å². The summed E-state index contributed by atoms with van der Waals surface area (Å²) in [5.74, 6) is -0.940. The molecule has 0 saturated carbocycles. The molecule has 0 bridgehead atoms. The maximum Gasteiger partial charge on any atom is 0.352 e. The van der Waals surface area contributed by atoms with Crippen LogP contribution < -0.4 is 0 Å². The Labute approximate surface area is 92.4 Å². The monoisotopic (exact) mass is 217 g/mol. The van der Waals surface area contributed by atoms with Crippen molar-refractivity contribution in [1.29, 1.82) is 0 Å². The average Bonchev–Trinajstić information content (AvgIpc) is 2.69. The van der Waals surface area contributed by atoms with Crippen LogP contribution in [0.25, 0.3) is 0 Å². The van der Waals surface area contributed by atoms with Crippen molar-refractivity contribution < 1.29 is 9.90 Å². The number of aromatic nitrogens is 3. The first-order chi connectivity index (χ1) is 7.66. The highest BCUT2D eigenvalue weighted by Gasteiger charge is 2.09. The molecule has 2 rings (SSSR count). The lowest BCUT2D eigenvalue weighted by Crippen LogP contribution is -2.09. The first-order valence-electron chi connectivity index (χ1n) is 4.83. The van der Waals surface area contributed by atoms with Gasteiger partial charge in [0, 0.05) is 12.4 Å². The standard InChI is InChI=1S/C11H11N3O2/c1-8-5-13-9(6-12-8)7-14-4-2-3-10(14)11(15)16/h2-6H,7H2,1H3,(H,15,16). The maximum atomic E-state index is 10.9. The Kier molecular flexibility index (Phi) is 2.68. The second-order valence-electron chi connectivity index (χ2n) is 3.48. The Morgan fingerprint density at radius 3 is 2.88 bits per heavy atom. The minimum atomic E-state index is -0.940. The van der Waals surface area contributed by atoms with Crippen molar-refractivity contribution in [1.82, 2.24) is 14.5 Å². The predicted molar refractivity (Wildman–Crippen MR) is 57.3 cm³/mol. The van der Waals surface area contributed by atoms with E-state index in [0.717, 1.165) is 11.4 Å². The van der Waals surface area contributed by atoms with Crippen LogP contribution in [0.4, 0.5) is 0 Å². The second kappa shape index (κ2) is 4.14. The van der Waals surface area contributed by atoms with E-state index in [4.69, 9.17) is 5.11 Å². The van der Waals surface area contributed by atoms with Gasteiger partial charge in [0.25, 0.3) is 0 Å². The van der Waals surface area contributed by atoms with Gasteiger partial charge in [-0.25, -0.2) is 4.79 Å². The van der Waals surface area contributed by atoms with Crippen LogP contribution >= 0.6 is 0 Å². The lowest BCUT2D eigenvalue weighted by molar-refractivity contribution is 0.0685. The van der Waals surface area contributed by atoms with Crippen molar-refractivity contribution in [2.24, 2.45) is 0 Å². The summed E-state index contributed by atoms with van der Waals surface area (Å²) in [5.41, 5.74) is 1.83. The molecular weight excluding hydrogens is 206 g/mol. The van der Waals surface area contributed by atoms with Crippen LogP contribution in [-0.2, 0) is 6.54 Å². The number of hydrogen-bond donors (Lipinski definition) is 1. The molecule has 2 aromatic rings. The number of carboxylic acids is 1. The zero-order valence-electron chi connectivity index (χ0n) is 8.79. The maximum absolute atomic E-state index is 10.9. The average molecular weight is 217 g/mol. The Bertz CT molecular complexity index is 502. The summed E-state index contributed by atoms with van der Waals surface area (Å²) in [4.78, 5) is 19.2. The van der Waals surface area contributed by atoms with E-state index >= 15 is 0 Å². The number of carboxylic acid groups (broad SMARTS) is 1. The minimum absolute atomic E-state index is 0.252. The Balaban J connectivity index is 2.23. The molecule has 5 heteroatoms. The molecule has 0 atom stereocenters. The van der Waals surface area contributed by atoms with Crippen LogP contribution in [0.2, 0.25) is 0 Å². The second-order valence-corrected chi connectivity index (χ2v) is 3.48. The molecule has 5 nitrogen and oxygen atoms in total. The molecule has 0 amide bonds. The van der Waals surface area contributed by atoms with Gasteiger partial charge in [-0.1, -0.05) is 0 Å². The van der Waals surface area contributed by atoms with Crippen molar-refractivity contribution in [2.45, 2.75) is 13.5 Å². The van der Waals surface area contributed by atoms with E-state index in [1.807, 2.05) is 6.92 Å². The molecule has 2 aromatic heterocycles. The van der Waals surface area contributed by atoms with Crippen molar-refractivity contribution in [3.05, 3.63) is 47.8 Å². The van der Waals surface area contributed by atoms with E-state index in [9.17, 15) is 4.79 Å².